The van der Waals surface area contributed by atoms with Crippen LogP contribution in [0.3, 0.4) is 0 Å². The van der Waals surface area contributed by atoms with E-state index in [0.717, 1.165) is 26.5 Å². The van der Waals surface area contributed by atoms with Gasteiger partial charge in [-0.2, -0.15) is 0 Å². The van der Waals surface area contributed by atoms with Gasteiger partial charge in [-0.1, -0.05) is 12.1 Å². The molecule has 0 saturated heterocycles. The Morgan fingerprint density at radius 2 is 2.00 bits per heavy atom. The second-order valence-corrected chi connectivity index (χ2v) is 6.60. The number of halogens is 2. The molecule has 3 rings (SSSR count). The number of benzene rings is 1. The van der Waals surface area contributed by atoms with Crippen molar-refractivity contribution < 1.29 is 9.18 Å². The molecule has 1 heterocycles. The van der Waals surface area contributed by atoms with Gasteiger partial charge in [0, 0.05) is 6.42 Å². The molecule has 5 heteroatoms. The third-order valence-corrected chi connectivity index (χ3v) is 4.73. The molecule has 1 aromatic heterocycles. The molecule has 0 radical (unpaired) electrons. The summed E-state index contributed by atoms with van der Waals surface area (Å²) in [5.41, 5.74) is 1.86. The standard InChI is InChI=1S/C13H9BrFNOS/c14-13-16-10-5-8(6-11(17)12(10)18-13)7-1-3-9(15)4-2-7/h1-4,8H,5-6H2. The molecule has 2 aromatic rings. The molecule has 2 nitrogen and oxygen atoms in total. The molecule has 1 aromatic carbocycles. The largest absolute Gasteiger partial charge is 0.293 e. The Morgan fingerprint density at radius 1 is 1.28 bits per heavy atom. The Kier molecular flexibility index (Phi) is 3.03. The first kappa shape index (κ1) is 12.0. The average Bonchev–Trinajstić information content (AvgIpc) is 2.71. The van der Waals surface area contributed by atoms with E-state index in [-0.39, 0.29) is 17.5 Å². The molecule has 0 N–H and O–H groups in total. The van der Waals surface area contributed by atoms with Crippen molar-refractivity contribution in [2.75, 3.05) is 0 Å². The van der Waals surface area contributed by atoms with Crippen LogP contribution in [0.15, 0.2) is 28.2 Å². The Labute approximate surface area is 116 Å². The highest BCUT2D eigenvalue weighted by molar-refractivity contribution is 9.11. The molecule has 1 unspecified atom stereocenters. The number of aromatic nitrogens is 1. The van der Waals surface area contributed by atoms with Crippen LogP contribution >= 0.6 is 27.3 Å². The van der Waals surface area contributed by atoms with Crippen LogP contribution in [0.5, 0.6) is 0 Å². The van der Waals surface area contributed by atoms with Gasteiger partial charge in [0.25, 0.3) is 0 Å². The highest BCUT2D eigenvalue weighted by atomic mass is 79.9. The summed E-state index contributed by atoms with van der Waals surface area (Å²) in [6.07, 6.45) is 1.22. The van der Waals surface area contributed by atoms with E-state index in [9.17, 15) is 9.18 Å². The molecular weight excluding hydrogens is 317 g/mol. The molecule has 1 atom stereocenters. The SMILES string of the molecule is O=C1CC(c2ccc(F)cc2)Cc2nc(Br)sc21. The minimum atomic E-state index is -0.252. The van der Waals surface area contributed by atoms with Crippen LogP contribution in [0, 0.1) is 5.82 Å². The Hall–Kier alpha value is -1.07. The topological polar surface area (TPSA) is 30.0 Å². The number of carbonyl (C=O) groups excluding carboxylic acids is 1. The Morgan fingerprint density at radius 3 is 2.72 bits per heavy atom. The Balaban J connectivity index is 1.94. The molecule has 0 fully saturated rings. The summed E-state index contributed by atoms with van der Waals surface area (Å²) in [7, 11) is 0. The van der Waals surface area contributed by atoms with Crippen molar-refractivity contribution in [2.45, 2.75) is 18.8 Å². The normalized spacial score (nSPS) is 18.8. The van der Waals surface area contributed by atoms with Gasteiger partial charge in [-0.15, -0.1) is 11.3 Å². The maximum Gasteiger partial charge on any atom is 0.175 e. The summed E-state index contributed by atoms with van der Waals surface area (Å²) in [6.45, 7) is 0. The minimum absolute atomic E-state index is 0.111. The fourth-order valence-corrected chi connectivity index (χ4v) is 3.74. The van der Waals surface area contributed by atoms with Gasteiger partial charge in [0.05, 0.1) is 10.6 Å². The van der Waals surface area contributed by atoms with E-state index in [0.29, 0.717) is 6.42 Å². The number of hydrogen-bond donors (Lipinski definition) is 0. The summed E-state index contributed by atoms with van der Waals surface area (Å²) < 4.78 is 13.6. The highest BCUT2D eigenvalue weighted by Gasteiger charge is 2.29. The van der Waals surface area contributed by atoms with Gasteiger partial charge >= 0.3 is 0 Å². The molecule has 0 spiro atoms. The zero-order valence-electron chi connectivity index (χ0n) is 9.32. The second kappa shape index (κ2) is 4.55. The average molecular weight is 326 g/mol. The van der Waals surface area contributed by atoms with Crippen LogP contribution in [0.25, 0.3) is 0 Å². The number of Topliss-reactive ketones (excluding diaryl/α,β-unsaturated/α-hetero) is 1. The first-order valence-corrected chi connectivity index (χ1v) is 7.18. The van der Waals surface area contributed by atoms with Gasteiger partial charge in [-0.05, 0) is 46.0 Å². The van der Waals surface area contributed by atoms with Gasteiger partial charge in [-0.25, -0.2) is 9.37 Å². The molecular formula is C13H9BrFNOS. The summed E-state index contributed by atoms with van der Waals surface area (Å²) >= 11 is 4.71. The van der Waals surface area contributed by atoms with Gasteiger partial charge in [0.2, 0.25) is 0 Å². The monoisotopic (exact) mass is 325 g/mol. The molecule has 1 aliphatic carbocycles. The van der Waals surface area contributed by atoms with E-state index >= 15 is 0 Å². The molecule has 0 amide bonds. The molecule has 1 aliphatic rings. The maximum atomic E-state index is 12.9. The number of carbonyl (C=O) groups is 1. The van der Waals surface area contributed by atoms with Gasteiger partial charge < -0.3 is 0 Å². The molecule has 0 bridgehead atoms. The van der Waals surface area contributed by atoms with E-state index in [4.69, 9.17) is 0 Å². The van der Waals surface area contributed by atoms with E-state index in [1.54, 1.807) is 12.1 Å². The zero-order valence-corrected chi connectivity index (χ0v) is 11.7. The predicted octanol–water partition coefficient (Wildman–Crippen LogP) is 3.96. The second-order valence-electron chi connectivity index (χ2n) is 4.32. The number of hydrogen-bond acceptors (Lipinski definition) is 3. The molecule has 92 valence electrons. The van der Waals surface area contributed by atoms with Crippen LogP contribution in [-0.2, 0) is 6.42 Å². The number of rotatable bonds is 1. The van der Waals surface area contributed by atoms with Crippen LogP contribution < -0.4 is 0 Å². The third-order valence-electron chi connectivity index (χ3n) is 3.14. The van der Waals surface area contributed by atoms with Crippen molar-refractivity contribution in [1.82, 2.24) is 4.98 Å². The van der Waals surface area contributed by atoms with Crippen molar-refractivity contribution in [2.24, 2.45) is 0 Å². The first-order chi connectivity index (χ1) is 8.63. The Bertz CT molecular complexity index is 608. The lowest BCUT2D eigenvalue weighted by molar-refractivity contribution is 0.0968. The van der Waals surface area contributed by atoms with Crippen molar-refractivity contribution in [3.8, 4) is 0 Å². The van der Waals surface area contributed by atoms with Gasteiger partial charge in [-0.3, -0.25) is 4.79 Å². The quantitative estimate of drug-likeness (QED) is 0.794. The highest BCUT2D eigenvalue weighted by Crippen LogP contribution is 2.36. The van der Waals surface area contributed by atoms with Crippen LogP contribution in [0.1, 0.15) is 33.3 Å². The van der Waals surface area contributed by atoms with Crippen molar-refractivity contribution in [3.05, 3.63) is 50.1 Å². The summed E-state index contributed by atoms with van der Waals surface area (Å²) in [6, 6.07) is 6.37. The fourth-order valence-electron chi connectivity index (χ4n) is 2.27. The molecule has 18 heavy (non-hydrogen) atoms. The zero-order chi connectivity index (χ0) is 12.7. The van der Waals surface area contributed by atoms with Gasteiger partial charge in [0.15, 0.2) is 9.70 Å². The third kappa shape index (κ3) is 2.12. The van der Waals surface area contributed by atoms with Gasteiger partial charge in [0.1, 0.15) is 5.82 Å². The summed E-state index contributed by atoms with van der Waals surface area (Å²) in [5, 5.41) is 0. The van der Waals surface area contributed by atoms with Crippen molar-refractivity contribution >= 4 is 33.0 Å². The number of nitrogens with zero attached hydrogens (tertiary/aromatic N) is 1. The van der Waals surface area contributed by atoms with Crippen LogP contribution in [-0.4, -0.2) is 10.8 Å². The summed E-state index contributed by atoms with van der Waals surface area (Å²) in [5.74, 6) is -0.00801. The number of thiazole rings is 1. The van der Waals surface area contributed by atoms with Crippen LogP contribution in [0.4, 0.5) is 4.39 Å². The van der Waals surface area contributed by atoms with E-state index < -0.39 is 0 Å². The molecule has 0 aliphatic heterocycles. The van der Waals surface area contributed by atoms with E-state index in [1.165, 1.54) is 23.5 Å². The van der Waals surface area contributed by atoms with Crippen molar-refractivity contribution in [1.29, 1.82) is 0 Å². The smallest absolute Gasteiger partial charge is 0.175 e. The van der Waals surface area contributed by atoms with Crippen molar-refractivity contribution in [3.63, 3.8) is 0 Å². The van der Waals surface area contributed by atoms with E-state index in [1.807, 2.05) is 0 Å². The lowest BCUT2D eigenvalue weighted by Crippen LogP contribution is -2.17. The lowest BCUT2D eigenvalue weighted by atomic mass is 9.85. The molecule has 0 saturated carbocycles. The predicted molar refractivity (Wildman–Crippen MR) is 71.6 cm³/mol. The number of fused-ring (bicyclic) bond motifs is 1. The fraction of sp³-hybridized carbons (Fsp3) is 0.231. The van der Waals surface area contributed by atoms with E-state index in [2.05, 4.69) is 20.9 Å². The van der Waals surface area contributed by atoms with Crippen LogP contribution in [0.2, 0.25) is 0 Å². The number of ketones is 1. The minimum Gasteiger partial charge on any atom is -0.293 e. The summed E-state index contributed by atoms with van der Waals surface area (Å²) in [4.78, 5) is 17.1. The maximum absolute atomic E-state index is 12.9. The first-order valence-electron chi connectivity index (χ1n) is 5.57. The lowest BCUT2D eigenvalue weighted by Gasteiger charge is -2.20.